The maximum Gasteiger partial charge on any atom is 0.258 e. The van der Waals surface area contributed by atoms with E-state index in [1.807, 2.05) is 18.2 Å². The van der Waals surface area contributed by atoms with Crippen LogP contribution in [0.2, 0.25) is 5.02 Å². The molecule has 0 unspecified atom stereocenters. The molecule has 2 aromatic carbocycles. The van der Waals surface area contributed by atoms with Gasteiger partial charge >= 0.3 is 0 Å². The van der Waals surface area contributed by atoms with Crippen LogP contribution >= 0.6 is 11.6 Å². The molecule has 148 valence electrons. The molecule has 2 heterocycles. The molecule has 2 N–H and O–H groups in total. The molecule has 0 atom stereocenters. The zero-order chi connectivity index (χ0) is 20.1. The second kappa shape index (κ2) is 6.88. The van der Waals surface area contributed by atoms with Crippen molar-refractivity contribution in [3.05, 3.63) is 57.7 Å². The van der Waals surface area contributed by atoms with Gasteiger partial charge in [0.15, 0.2) is 5.78 Å². The molecule has 1 aliphatic carbocycles. The van der Waals surface area contributed by atoms with Gasteiger partial charge in [0.2, 0.25) is 0 Å². The standard InChI is InChI=1S/C22H20ClN3O3/c23-15-6-5-13-10-26(11-14(13)7-15)22(29)17-8-16-18(9-19(17)27)24-25-20(16)21(28)12-3-1-2-4-12/h5-9,12,27H,1-4,10-11H2,(H,24,25). The van der Waals surface area contributed by atoms with Gasteiger partial charge < -0.3 is 10.0 Å². The number of aromatic hydroxyl groups is 1. The molecule has 0 saturated heterocycles. The predicted octanol–water partition coefficient (Wildman–Crippen LogP) is 4.45. The number of nitrogens with zero attached hydrogens (tertiary/aromatic N) is 2. The van der Waals surface area contributed by atoms with Crippen molar-refractivity contribution in [2.75, 3.05) is 0 Å². The molecule has 0 bridgehead atoms. The zero-order valence-electron chi connectivity index (χ0n) is 15.7. The minimum atomic E-state index is -0.280. The second-order valence-electron chi connectivity index (χ2n) is 7.91. The van der Waals surface area contributed by atoms with E-state index in [1.165, 1.54) is 6.07 Å². The van der Waals surface area contributed by atoms with E-state index in [-0.39, 0.29) is 28.9 Å². The van der Waals surface area contributed by atoms with Crippen LogP contribution in [0.5, 0.6) is 5.75 Å². The van der Waals surface area contributed by atoms with Gasteiger partial charge in [-0.15, -0.1) is 0 Å². The number of phenolic OH excluding ortho intramolecular Hbond substituents is 1. The Morgan fingerprint density at radius 3 is 2.66 bits per heavy atom. The molecule has 6 nitrogen and oxygen atoms in total. The predicted molar refractivity (Wildman–Crippen MR) is 109 cm³/mol. The number of rotatable bonds is 3. The molecule has 3 aromatic rings. The number of amides is 1. The van der Waals surface area contributed by atoms with Gasteiger partial charge in [0.25, 0.3) is 5.91 Å². The van der Waals surface area contributed by atoms with Crippen molar-refractivity contribution in [1.29, 1.82) is 0 Å². The Bertz CT molecular complexity index is 1150. The van der Waals surface area contributed by atoms with Crippen LogP contribution in [0.1, 0.15) is 57.7 Å². The molecule has 2 aliphatic rings. The first-order valence-electron chi connectivity index (χ1n) is 9.83. The van der Waals surface area contributed by atoms with Gasteiger partial charge in [0.1, 0.15) is 11.4 Å². The molecule has 1 fully saturated rings. The number of halogens is 1. The highest BCUT2D eigenvalue weighted by Crippen LogP contribution is 2.33. The van der Waals surface area contributed by atoms with Crippen LogP contribution in [-0.2, 0) is 13.1 Å². The Morgan fingerprint density at radius 1 is 1.10 bits per heavy atom. The highest BCUT2D eigenvalue weighted by atomic mass is 35.5. The minimum absolute atomic E-state index is 0.00714. The topological polar surface area (TPSA) is 86.3 Å². The Kier molecular flexibility index (Phi) is 4.32. The van der Waals surface area contributed by atoms with Gasteiger partial charge in [-0.05, 0) is 42.2 Å². The smallest absolute Gasteiger partial charge is 0.258 e. The van der Waals surface area contributed by atoms with Crippen LogP contribution < -0.4 is 0 Å². The first kappa shape index (κ1) is 18.2. The van der Waals surface area contributed by atoms with Crippen molar-refractivity contribution < 1.29 is 14.7 Å². The monoisotopic (exact) mass is 409 g/mol. The average molecular weight is 410 g/mol. The Morgan fingerprint density at radius 2 is 1.86 bits per heavy atom. The number of Topliss-reactive ketones (excluding diaryl/α,β-unsaturated/α-hetero) is 1. The molecular weight excluding hydrogens is 390 g/mol. The quantitative estimate of drug-likeness (QED) is 0.625. The lowest BCUT2D eigenvalue weighted by atomic mass is 9.97. The number of H-pyrrole nitrogens is 1. The zero-order valence-corrected chi connectivity index (χ0v) is 16.5. The summed E-state index contributed by atoms with van der Waals surface area (Å²) in [6.45, 7) is 0.896. The normalized spacial score (nSPS) is 16.5. The van der Waals surface area contributed by atoms with Gasteiger partial charge in [-0.3, -0.25) is 14.7 Å². The first-order valence-corrected chi connectivity index (χ1v) is 10.2. The molecule has 1 aliphatic heterocycles. The van der Waals surface area contributed by atoms with Crippen LogP contribution in [0.25, 0.3) is 10.9 Å². The van der Waals surface area contributed by atoms with Crippen molar-refractivity contribution in [3.8, 4) is 5.75 Å². The summed E-state index contributed by atoms with van der Waals surface area (Å²) in [6.07, 6.45) is 3.88. The first-order chi connectivity index (χ1) is 14.0. The van der Waals surface area contributed by atoms with Crippen LogP contribution in [0.4, 0.5) is 0 Å². The summed E-state index contributed by atoms with van der Waals surface area (Å²) in [7, 11) is 0. The second-order valence-corrected chi connectivity index (χ2v) is 8.34. The summed E-state index contributed by atoms with van der Waals surface area (Å²) in [5, 5.41) is 18.7. The number of benzene rings is 2. The summed E-state index contributed by atoms with van der Waals surface area (Å²) in [6, 6.07) is 8.66. The fourth-order valence-corrected chi connectivity index (χ4v) is 4.67. The molecule has 0 radical (unpaired) electrons. The van der Waals surface area contributed by atoms with E-state index in [2.05, 4.69) is 10.2 Å². The van der Waals surface area contributed by atoms with Crippen molar-refractivity contribution in [2.24, 2.45) is 5.92 Å². The maximum atomic E-state index is 13.1. The summed E-state index contributed by atoms with van der Waals surface area (Å²) in [5.41, 5.74) is 3.14. The SMILES string of the molecule is O=C(c1n[nH]c2cc(O)c(C(=O)N3Cc4ccc(Cl)cc4C3)cc12)C1CCCC1. The van der Waals surface area contributed by atoms with E-state index < -0.39 is 0 Å². The maximum absolute atomic E-state index is 13.1. The number of carbonyl (C=O) groups excluding carboxylic acids is 2. The number of aromatic amines is 1. The van der Waals surface area contributed by atoms with E-state index >= 15 is 0 Å². The summed E-state index contributed by atoms with van der Waals surface area (Å²) in [4.78, 5) is 27.7. The summed E-state index contributed by atoms with van der Waals surface area (Å²) < 4.78 is 0. The molecule has 1 amide bonds. The molecule has 1 aromatic heterocycles. The number of phenols is 1. The van der Waals surface area contributed by atoms with Crippen molar-refractivity contribution in [1.82, 2.24) is 15.1 Å². The fourth-order valence-electron chi connectivity index (χ4n) is 4.47. The highest BCUT2D eigenvalue weighted by molar-refractivity contribution is 6.30. The number of hydrogen-bond acceptors (Lipinski definition) is 4. The van der Waals surface area contributed by atoms with Gasteiger partial charge in [-0.1, -0.05) is 30.5 Å². The molecular formula is C22H20ClN3O3. The van der Waals surface area contributed by atoms with Gasteiger partial charge in [-0.2, -0.15) is 5.10 Å². The highest BCUT2D eigenvalue weighted by Gasteiger charge is 2.30. The van der Waals surface area contributed by atoms with Crippen molar-refractivity contribution in [3.63, 3.8) is 0 Å². The average Bonchev–Trinajstić information content (AvgIpc) is 3.44. The lowest BCUT2D eigenvalue weighted by Gasteiger charge is -2.16. The van der Waals surface area contributed by atoms with Crippen LogP contribution in [0.3, 0.4) is 0 Å². The molecule has 1 saturated carbocycles. The Labute approximate surface area is 172 Å². The molecule has 5 rings (SSSR count). The van der Waals surface area contributed by atoms with Crippen molar-refractivity contribution >= 4 is 34.2 Å². The number of hydrogen-bond donors (Lipinski definition) is 2. The number of nitrogens with one attached hydrogen (secondary N) is 1. The van der Waals surface area contributed by atoms with Crippen LogP contribution in [-0.4, -0.2) is 31.9 Å². The molecule has 7 heteroatoms. The van der Waals surface area contributed by atoms with E-state index in [0.29, 0.717) is 34.7 Å². The van der Waals surface area contributed by atoms with Crippen molar-refractivity contribution in [2.45, 2.75) is 38.8 Å². The number of aromatic nitrogens is 2. The molecule has 0 spiro atoms. The lowest BCUT2D eigenvalue weighted by molar-refractivity contribution is 0.0748. The summed E-state index contributed by atoms with van der Waals surface area (Å²) in [5.74, 6) is -0.398. The Balaban J connectivity index is 1.48. The molecule has 29 heavy (non-hydrogen) atoms. The van der Waals surface area contributed by atoms with Crippen LogP contribution in [0.15, 0.2) is 30.3 Å². The number of fused-ring (bicyclic) bond motifs is 2. The number of carbonyl (C=O) groups is 2. The third-order valence-corrected chi connectivity index (χ3v) is 6.28. The third-order valence-electron chi connectivity index (χ3n) is 6.05. The van der Waals surface area contributed by atoms with E-state index in [4.69, 9.17) is 11.6 Å². The van der Waals surface area contributed by atoms with E-state index in [0.717, 1.165) is 36.8 Å². The lowest BCUT2D eigenvalue weighted by Crippen LogP contribution is -2.25. The number of ketones is 1. The van der Waals surface area contributed by atoms with E-state index in [1.54, 1.807) is 11.0 Å². The third kappa shape index (κ3) is 3.08. The Hall–Kier alpha value is -2.86. The van der Waals surface area contributed by atoms with Gasteiger partial charge in [0.05, 0.1) is 11.1 Å². The largest absolute Gasteiger partial charge is 0.507 e. The van der Waals surface area contributed by atoms with Crippen LogP contribution in [0, 0.1) is 5.92 Å². The van der Waals surface area contributed by atoms with Gasteiger partial charge in [-0.25, -0.2) is 0 Å². The van der Waals surface area contributed by atoms with Gasteiger partial charge in [0, 0.05) is 35.5 Å². The summed E-state index contributed by atoms with van der Waals surface area (Å²) >= 11 is 6.06. The minimum Gasteiger partial charge on any atom is -0.507 e. The van der Waals surface area contributed by atoms with E-state index in [9.17, 15) is 14.7 Å². The fraction of sp³-hybridized carbons (Fsp3) is 0.318.